The predicted octanol–water partition coefficient (Wildman–Crippen LogP) is 2.46. The Morgan fingerprint density at radius 3 is 3.00 bits per heavy atom. The van der Waals surface area contributed by atoms with Crippen LogP contribution < -0.4 is 5.32 Å². The highest BCUT2D eigenvalue weighted by Crippen LogP contribution is 2.43. The predicted molar refractivity (Wildman–Crippen MR) is 83.5 cm³/mol. The Balaban J connectivity index is 1.45. The van der Waals surface area contributed by atoms with Crippen molar-refractivity contribution in [3.05, 3.63) is 23.9 Å². The number of carbonyl (C=O) groups excluding carboxylic acids is 1. The molecule has 22 heavy (non-hydrogen) atoms. The summed E-state index contributed by atoms with van der Waals surface area (Å²) in [4.78, 5) is 12.5. The number of anilines is 1. The third kappa shape index (κ3) is 2.47. The van der Waals surface area contributed by atoms with Gasteiger partial charge in [0.05, 0.1) is 12.3 Å². The highest BCUT2D eigenvalue weighted by Gasteiger charge is 2.40. The van der Waals surface area contributed by atoms with Crippen molar-refractivity contribution in [2.75, 3.05) is 18.5 Å². The van der Waals surface area contributed by atoms with Crippen LogP contribution in [-0.4, -0.2) is 28.9 Å². The molecule has 1 aromatic heterocycles. The van der Waals surface area contributed by atoms with E-state index in [0.29, 0.717) is 17.8 Å². The van der Waals surface area contributed by atoms with Crippen LogP contribution in [0.2, 0.25) is 0 Å². The van der Waals surface area contributed by atoms with E-state index in [2.05, 4.69) is 22.6 Å². The molecule has 1 saturated carbocycles. The minimum Gasteiger partial charge on any atom is -0.381 e. The smallest absolute Gasteiger partial charge is 0.229 e. The van der Waals surface area contributed by atoms with Crippen molar-refractivity contribution in [3.8, 4) is 0 Å². The summed E-state index contributed by atoms with van der Waals surface area (Å²) in [7, 11) is 1.89. The monoisotopic (exact) mass is 301 g/mol. The van der Waals surface area contributed by atoms with E-state index in [1.54, 1.807) is 4.68 Å². The lowest BCUT2D eigenvalue weighted by atomic mass is 9.93. The van der Waals surface area contributed by atoms with E-state index in [4.69, 9.17) is 4.74 Å². The molecule has 2 heterocycles. The van der Waals surface area contributed by atoms with Crippen molar-refractivity contribution in [2.24, 2.45) is 24.8 Å². The van der Waals surface area contributed by atoms with Crippen molar-refractivity contribution < 1.29 is 9.53 Å². The number of carbonyl (C=O) groups is 1. The Kier molecular flexibility index (Phi) is 3.53. The van der Waals surface area contributed by atoms with Gasteiger partial charge in [-0.15, -0.1) is 0 Å². The third-order valence-corrected chi connectivity index (χ3v) is 5.34. The number of aromatic nitrogens is 2. The van der Waals surface area contributed by atoms with Crippen LogP contribution in [-0.2, 0) is 16.6 Å². The van der Waals surface area contributed by atoms with Gasteiger partial charge in [0.25, 0.3) is 0 Å². The van der Waals surface area contributed by atoms with Gasteiger partial charge in [-0.1, -0.05) is 12.2 Å². The Bertz CT molecular complexity index is 601. The molecule has 1 aliphatic heterocycles. The van der Waals surface area contributed by atoms with Crippen LogP contribution in [0.15, 0.2) is 18.2 Å². The first-order valence-corrected chi connectivity index (χ1v) is 8.31. The minimum atomic E-state index is 0.131. The second-order valence-electron chi connectivity index (χ2n) is 6.87. The molecule has 2 bridgehead atoms. The molecule has 4 atom stereocenters. The lowest BCUT2D eigenvalue weighted by molar-refractivity contribution is -0.120. The number of amides is 1. The van der Waals surface area contributed by atoms with Gasteiger partial charge in [0.15, 0.2) is 0 Å². The second kappa shape index (κ2) is 5.54. The molecule has 1 aromatic rings. The number of rotatable bonds is 3. The molecule has 5 nitrogen and oxygen atoms in total. The molecule has 0 unspecified atom stereocenters. The van der Waals surface area contributed by atoms with E-state index < -0.39 is 0 Å². The molecule has 2 aliphatic carbocycles. The molecule has 2 fully saturated rings. The zero-order valence-corrected chi connectivity index (χ0v) is 13.0. The van der Waals surface area contributed by atoms with Gasteiger partial charge < -0.3 is 10.1 Å². The van der Waals surface area contributed by atoms with Gasteiger partial charge >= 0.3 is 0 Å². The van der Waals surface area contributed by atoms with E-state index in [0.717, 1.165) is 50.4 Å². The van der Waals surface area contributed by atoms with Gasteiger partial charge in [0.1, 0.15) is 5.82 Å². The maximum atomic E-state index is 12.5. The maximum absolute atomic E-state index is 12.5. The molecule has 4 rings (SSSR count). The number of allylic oxidation sites excluding steroid dienone is 2. The van der Waals surface area contributed by atoms with E-state index in [1.165, 1.54) is 0 Å². The van der Waals surface area contributed by atoms with Crippen molar-refractivity contribution >= 4 is 11.7 Å². The average molecular weight is 301 g/mol. The molecule has 1 N–H and O–H groups in total. The quantitative estimate of drug-likeness (QED) is 0.873. The summed E-state index contributed by atoms with van der Waals surface area (Å²) in [6, 6.07) is 2.01. The Labute approximate surface area is 130 Å². The number of ether oxygens (including phenoxy) is 1. The van der Waals surface area contributed by atoms with Crippen LogP contribution in [0, 0.1) is 17.8 Å². The molecule has 0 aromatic carbocycles. The van der Waals surface area contributed by atoms with Crippen LogP contribution in [0.25, 0.3) is 0 Å². The molecule has 118 valence electrons. The maximum Gasteiger partial charge on any atom is 0.229 e. The third-order valence-electron chi connectivity index (χ3n) is 5.34. The largest absolute Gasteiger partial charge is 0.381 e. The number of nitrogens with one attached hydrogen (secondary N) is 1. The van der Waals surface area contributed by atoms with Crippen LogP contribution in [0.3, 0.4) is 0 Å². The highest BCUT2D eigenvalue weighted by atomic mass is 16.5. The first-order chi connectivity index (χ1) is 10.7. The summed E-state index contributed by atoms with van der Waals surface area (Å²) in [6.07, 6.45) is 8.82. The SMILES string of the molecule is Cn1nc([C@@H]2CCCOC2)cc1NC(=O)[C@H]1C[C@H]2C=C[C@H]1C2. The van der Waals surface area contributed by atoms with Crippen LogP contribution >= 0.6 is 0 Å². The van der Waals surface area contributed by atoms with Crippen LogP contribution in [0.1, 0.15) is 37.3 Å². The topological polar surface area (TPSA) is 56.1 Å². The second-order valence-corrected chi connectivity index (χ2v) is 6.87. The van der Waals surface area contributed by atoms with Gasteiger partial charge in [0, 0.05) is 31.6 Å². The Hall–Kier alpha value is -1.62. The summed E-state index contributed by atoms with van der Waals surface area (Å²) >= 11 is 0. The zero-order chi connectivity index (χ0) is 15.1. The van der Waals surface area contributed by atoms with E-state index in [9.17, 15) is 4.79 Å². The molecule has 0 radical (unpaired) electrons. The fourth-order valence-corrected chi connectivity index (χ4v) is 4.08. The normalized spacial score (nSPS) is 33.3. The summed E-state index contributed by atoms with van der Waals surface area (Å²) < 4.78 is 7.32. The number of nitrogens with zero attached hydrogens (tertiary/aromatic N) is 2. The van der Waals surface area contributed by atoms with Gasteiger partial charge in [-0.25, -0.2) is 0 Å². The van der Waals surface area contributed by atoms with Gasteiger partial charge in [-0.05, 0) is 37.5 Å². The van der Waals surface area contributed by atoms with Crippen LogP contribution in [0.4, 0.5) is 5.82 Å². The Morgan fingerprint density at radius 1 is 1.41 bits per heavy atom. The van der Waals surface area contributed by atoms with E-state index >= 15 is 0 Å². The molecule has 5 heteroatoms. The average Bonchev–Trinajstić information content (AvgIpc) is 3.24. The molecule has 1 saturated heterocycles. The zero-order valence-electron chi connectivity index (χ0n) is 13.0. The van der Waals surface area contributed by atoms with E-state index in [-0.39, 0.29) is 11.8 Å². The molecular formula is C17H23N3O2. The molecule has 1 amide bonds. The summed E-state index contributed by atoms with van der Waals surface area (Å²) in [5.74, 6) is 2.48. The van der Waals surface area contributed by atoms with Gasteiger partial charge in [0.2, 0.25) is 5.91 Å². The van der Waals surface area contributed by atoms with Crippen molar-refractivity contribution in [2.45, 2.75) is 31.6 Å². The standard InChI is InChI=1S/C17H23N3O2/c1-20-16(9-15(19-20)13-3-2-6-22-10-13)18-17(21)14-8-11-4-5-12(14)7-11/h4-5,9,11-14H,2-3,6-8,10H2,1H3,(H,18,21)/t11-,12-,13+,14-/m0/s1. The molecule has 0 spiro atoms. The first-order valence-electron chi connectivity index (χ1n) is 8.31. The number of aryl methyl sites for hydroxylation is 1. The fraction of sp³-hybridized carbons (Fsp3) is 0.647. The lowest BCUT2D eigenvalue weighted by Gasteiger charge is -2.19. The van der Waals surface area contributed by atoms with Crippen molar-refractivity contribution in [1.29, 1.82) is 0 Å². The van der Waals surface area contributed by atoms with Crippen molar-refractivity contribution in [3.63, 3.8) is 0 Å². The van der Waals surface area contributed by atoms with Crippen molar-refractivity contribution in [1.82, 2.24) is 9.78 Å². The first kappa shape index (κ1) is 14.0. The highest BCUT2D eigenvalue weighted by molar-refractivity contribution is 5.92. The minimum absolute atomic E-state index is 0.131. The van der Waals surface area contributed by atoms with Gasteiger partial charge in [-0.3, -0.25) is 9.48 Å². The summed E-state index contributed by atoms with van der Waals surface area (Å²) in [5.41, 5.74) is 1.03. The number of hydrogen-bond donors (Lipinski definition) is 1. The van der Waals surface area contributed by atoms with Gasteiger partial charge in [-0.2, -0.15) is 5.10 Å². The molecule has 3 aliphatic rings. The Morgan fingerprint density at radius 2 is 2.32 bits per heavy atom. The van der Waals surface area contributed by atoms with E-state index in [1.807, 2.05) is 13.1 Å². The van der Waals surface area contributed by atoms with Crippen LogP contribution in [0.5, 0.6) is 0 Å². The fourth-order valence-electron chi connectivity index (χ4n) is 4.08. The number of fused-ring (bicyclic) bond motifs is 2. The summed E-state index contributed by atoms with van der Waals surface area (Å²) in [5, 5.41) is 7.65. The lowest BCUT2D eigenvalue weighted by Crippen LogP contribution is -2.26. The summed E-state index contributed by atoms with van der Waals surface area (Å²) in [6.45, 7) is 1.59. The molecular weight excluding hydrogens is 278 g/mol. The number of hydrogen-bond acceptors (Lipinski definition) is 3.